The fourth-order valence-corrected chi connectivity index (χ4v) is 3.99. The van der Waals surface area contributed by atoms with Crippen LogP contribution in [0.25, 0.3) is 0 Å². The van der Waals surface area contributed by atoms with Crippen LogP contribution in [0.4, 0.5) is 17.1 Å². The topological polar surface area (TPSA) is 52.6 Å². The highest BCUT2D eigenvalue weighted by atomic mass is 16.2. The Morgan fingerprint density at radius 1 is 0.828 bits per heavy atom. The second-order valence-electron chi connectivity index (χ2n) is 7.76. The van der Waals surface area contributed by atoms with Gasteiger partial charge in [-0.25, -0.2) is 0 Å². The van der Waals surface area contributed by atoms with E-state index in [-0.39, 0.29) is 16.9 Å². The average molecular weight is 389 g/mol. The van der Waals surface area contributed by atoms with Gasteiger partial charge in [-0.2, -0.15) is 0 Å². The maximum Gasteiger partial charge on any atom is 0.253 e. The Balaban J connectivity index is 1.37. The molecule has 0 aromatic heterocycles. The molecule has 29 heavy (non-hydrogen) atoms. The zero-order chi connectivity index (χ0) is 20.2. The molecule has 1 heterocycles. The third kappa shape index (κ3) is 4.19. The minimum absolute atomic E-state index is 0.128. The first-order chi connectivity index (χ1) is 14.1. The summed E-state index contributed by atoms with van der Waals surface area (Å²) in [4.78, 5) is 28.9. The van der Waals surface area contributed by atoms with E-state index in [0.29, 0.717) is 11.4 Å². The highest BCUT2D eigenvalue weighted by Gasteiger charge is 2.29. The first kappa shape index (κ1) is 19.2. The molecule has 1 N–H and O–H groups in total. The van der Waals surface area contributed by atoms with Crippen molar-refractivity contribution in [3.63, 3.8) is 0 Å². The van der Waals surface area contributed by atoms with E-state index in [1.165, 1.54) is 11.3 Å². The van der Waals surface area contributed by atoms with Gasteiger partial charge < -0.3 is 15.1 Å². The van der Waals surface area contributed by atoms with Crippen molar-refractivity contribution in [2.45, 2.75) is 25.8 Å². The summed E-state index contributed by atoms with van der Waals surface area (Å²) in [6.07, 6.45) is 1.85. The van der Waals surface area contributed by atoms with Gasteiger partial charge in [-0.3, -0.25) is 9.59 Å². The molecule has 0 radical (unpaired) electrons. The predicted octanol–water partition coefficient (Wildman–Crippen LogP) is 3.04. The molecule has 1 aliphatic rings. The third-order valence-electron chi connectivity index (χ3n) is 5.70. The van der Waals surface area contributed by atoms with E-state index in [1.54, 1.807) is 0 Å². The standard InChI is InChI=1S/C24H27N3O2/c1-18(12-13-19-8-4-2-5-9-19)25-21-22(24(29)23(21)28)27-16-14-26(15-17-27)20-10-6-3-7-11-20/h2-11,18,25H,12-17H2,1H3. The Labute approximate surface area is 171 Å². The molecule has 150 valence electrons. The Morgan fingerprint density at radius 3 is 2.07 bits per heavy atom. The zero-order valence-corrected chi connectivity index (χ0v) is 16.8. The van der Waals surface area contributed by atoms with Gasteiger partial charge in [-0.05, 0) is 37.5 Å². The zero-order valence-electron chi connectivity index (χ0n) is 16.8. The number of rotatable bonds is 7. The maximum atomic E-state index is 12.3. The van der Waals surface area contributed by atoms with Crippen molar-refractivity contribution in [2.75, 3.05) is 41.3 Å². The van der Waals surface area contributed by atoms with Crippen molar-refractivity contribution < 1.29 is 0 Å². The quantitative estimate of drug-likeness (QED) is 0.630. The number of nitrogens with zero attached hydrogens (tertiary/aromatic N) is 2. The fraction of sp³-hybridized carbons (Fsp3) is 0.333. The van der Waals surface area contributed by atoms with Crippen LogP contribution in [0.5, 0.6) is 0 Å². The van der Waals surface area contributed by atoms with Crippen LogP contribution in [-0.2, 0) is 6.42 Å². The number of aryl methyl sites for hydroxylation is 1. The highest BCUT2D eigenvalue weighted by molar-refractivity contribution is 5.76. The number of nitrogens with one attached hydrogen (secondary N) is 1. The van der Waals surface area contributed by atoms with Crippen LogP contribution in [0.15, 0.2) is 70.3 Å². The van der Waals surface area contributed by atoms with E-state index in [0.717, 1.165) is 39.0 Å². The summed E-state index contributed by atoms with van der Waals surface area (Å²) in [5, 5.41) is 3.31. The van der Waals surface area contributed by atoms with Gasteiger partial charge in [0.2, 0.25) is 0 Å². The maximum absolute atomic E-state index is 12.3. The minimum atomic E-state index is -0.378. The van der Waals surface area contributed by atoms with Gasteiger partial charge >= 0.3 is 0 Å². The summed E-state index contributed by atoms with van der Waals surface area (Å²) in [6.45, 7) is 5.23. The van der Waals surface area contributed by atoms with Crippen LogP contribution in [0.1, 0.15) is 18.9 Å². The molecule has 1 atom stereocenters. The molecule has 1 saturated heterocycles. The van der Waals surface area contributed by atoms with E-state index in [1.807, 2.05) is 36.4 Å². The lowest BCUT2D eigenvalue weighted by Gasteiger charge is -2.38. The molecule has 1 fully saturated rings. The molecule has 0 saturated carbocycles. The van der Waals surface area contributed by atoms with Gasteiger partial charge in [-0.1, -0.05) is 48.5 Å². The fourth-order valence-electron chi connectivity index (χ4n) is 3.99. The summed E-state index contributed by atoms with van der Waals surface area (Å²) < 4.78 is 0. The Hall–Kier alpha value is -3.08. The molecule has 3 aromatic carbocycles. The second-order valence-corrected chi connectivity index (χ2v) is 7.76. The molecule has 0 bridgehead atoms. The summed E-state index contributed by atoms with van der Waals surface area (Å²) in [6, 6.07) is 20.7. The average Bonchev–Trinajstić information content (AvgIpc) is 2.79. The smallest absolute Gasteiger partial charge is 0.253 e. The summed E-state index contributed by atoms with van der Waals surface area (Å²) in [5.74, 6) is 0. The SMILES string of the molecule is CC(CCc1ccccc1)Nc1c(N2CCN(c3ccccc3)CC2)c(=O)c1=O. The molecule has 1 aliphatic heterocycles. The number of benzene rings is 2. The number of hydrogen-bond acceptors (Lipinski definition) is 5. The van der Waals surface area contributed by atoms with E-state index in [4.69, 9.17) is 0 Å². The number of anilines is 3. The molecular weight excluding hydrogens is 362 g/mol. The molecule has 5 nitrogen and oxygen atoms in total. The predicted molar refractivity (Wildman–Crippen MR) is 120 cm³/mol. The molecule has 0 spiro atoms. The van der Waals surface area contributed by atoms with Gasteiger partial charge in [0.1, 0.15) is 11.4 Å². The van der Waals surface area contributed by atoms with E-state index >= 15 is 0 Å². The van der Waals surface area contributed by atoms with Crippen LogP contribution in [0, 0.1) is 0 Å². The number of piperazine rings is 1. The van der Waals surface area contributed by atoms with Crippen LogP contribution >= 0.6 is 0 Å². The van der Waals surface area contributed by atoms with Crippen LogP contribution < -0.4 is 26.0 Å². The molecular formula is C24H27N3O2. The second kappa shape index (κ2) is 8.52. The molecule has 1 unspecified atom stereocenters. The van der Waals surface area contributed by atoms with Gasteiger partial charge in [0, 0.05) is 37.9 Å². The van der Waals surface area contributed by atoms with Gasteiger partial charge in [0.15, 0.2) is 0 Å². The van der Waals surface area contributed by atoms with Crippen molar-refractivity contribution in [3.8, 4) is 0 Å². The van der Waals surface area contributed by atoms with Crippen molar-refractivity contribution >= 4 is 17.1 Å². The van der Waals surface area contributed by atoms with Crippen LogP contribution in [0.3, 0.4) is 0 Å². The number of hydrogen-bond donors (Lipinski definition) is 1. The summed E-state index contributed by atoms with van der Waals surface area (Å²) >= 11 is 0. The molecule has 4 rings (SSSR count). The molecule has 3 aromatic rings. The van der Waals surface area contributed by atoms with Crippen LogP contribution in [0.2, 0.25) is 0 Å². The monoisotopic (exact) mass is 389 g/mol. The lowest BCUT2D eigenvalue weighted by molar-refractivity contribution is 0.648. The molecule has 5 heteroatoms. The summed E-state index contributed by atoms with van der Waals surface area (Å²) in [5.41, 5.74) is 2.83. The van der Waals surface area contributed by atoms with E-state index < -0.39 is 0 Å². The molecule has 0 amide bonds. The minimum Gasteiger partial charge on any atom is -0.377 e. The van der Waals surface area contributed by atoms with Crippen molar-refractivity contribution in [1.29, 1.82) is 0 Å². The first-order valence-corrected chi connectivity index (χ1v) is 10.3. The Kier molecular flexibility index (Phi) is 5.65. The lowest BCUT2D eigenvalue weighted by Crippen LogP contribution is -2.52. The van der Waals surface area contributed by atoms with Gasteiger partial charge in [0.25, 0.3) is 10.9 Å². The largest absolute Gasteiger partial charge is 0.377 e. The van der Waals surface area contributed by atoms with Crippen molar-refractivity contribution in [1.82, 2.24) is 0 Å². The van der Waals surface area contributed by atoms with E-state index in [2.05, 4.69) is 46.3 Å². The summed E-state index contributed by atoms with van der Waals surface area (Å²) in [7, 11) is 0. The van der Waals surface area contributed by atoms with Gasteiger partial charge in [0.05, 0.1) is 0 Å². The van der Waals surface area contributed by atoms with Gasteiger partial charge in [-0.15, -0.1) is 0 Å². The third-order valence-corrected chi connectivity index (χ3v) is 5.70. The normalized spacial score (nSPS) is 15.5. The van der Waals surface area contributed by atoms with Crippen molar-refractivity contribution in [2.24, 2.45) is 0 Å². The van der Waals surface area contributed by atoms with E-state index in [9.17, 15) is 9.59 Å². The highest BCUT2D eigenvalue weighted by Crippen LogP contribution is 2.24. The van der Waals surface area contributed by atoms with Crippen molar-refractivity contribution in [3.05, 3.63) is 86.7 Å². The lowest BCUT2D eigenvalue weighted by atomic mass is 10.0. The first-order valence-electron chi connectivity index (χ1n) is 10.3. The van der Waals surface area contributed by atoms with Crippen LogP contribution in [-0.4, -0.2) is 32.2 Å². The number of para-hydroxylation sites is 1. The Bertz CT molecular complexity index is 1000. The Morgan fingerprint density at radius 2 is 1.41 bits per heavy atom. The molecule has 0 aliphatic carbocycles.